The molecule has 8 aliphatic heterocycles. The molecule has 131 heavy (non-hydrogen) atoms. The van der Waals surface area contributed by atoms with Crippen LogP contribution < -0.4 is 0 Å². The lowest BCUT2D eigenvalue weighted by Gasteiger charge is -2.49. The maximum atomic E-state index is 14.5. The minimum absolute atomic E-state index is 0.0419. The fourth-order valence-electron chi connectivity index (χ4n) is 16.3. The highest BCUT2D eigenvalue weighted by Gasteiger charge is 2.58. The number of carbonyl (C=O) groups is 1. The van der Waals surface area contributed by atoms with Crippen molar-refractivity contribution in [3.8, 4) is 0 Å². The van der Waals surface area contributed by atoms with E-state index in [0.717, 1.165) is 11.1 Å². The first-order valence-corrected chi connectivity index (χ1v) is 44.4. The van der Waals surface area contributed by atoms with Crippen LogP contribution in [0.2, 0.25) is 0 Å². The van der Waals surface area contributed by atoms with E-state index in [1.54, 1.807) is 39.8 Å². The fourth-order valence-corrected chi connectivity index (χ4v) is 16.3. The van der Waals surface area contributed by atoms with E-state index in [4.69, 9.17) is 80.5 Å². The van der Waals surface area contributed by atoms with Crippen LogP contribution in [0.25, 0.3) is 0 Å². The Labute approximate surface area is 760 Å². The number of rotatable bonds is 45. The predicted molar refractivity (Wildman–Crippen MR) is 450 cm³/mol. The standard InChI is InChI=1S/C88H144O43/c1-13-87(11,130-84-71(112)64(105)73(51(35-92)122-84)126-82-68(109)61(102)57(98)49(33-90)120-82)28-18-25-40(4)21-15-20-39(3)22-16-24-42(6)37-115-80-70(111)63(104)75(53(124-80)38-116-79-66(107)59(100)54(95)44(8)117-79)128-86-77(76(56(97)46(10)119-86)129-81-67(108)60(101)55(96)45(9)118-81)125-78(114)43(7)31-48(94)30-41(5)23-17-26-47(32-89)27-19-29-88(12,14-2)131-85-72(113)65(106)74(52(36-93)123-85)127-83-69(110)62(103)58(99)50(34-91)121-83/h13-14,20,23-25,27,31,44-46,48-77,79-86,89-113H,1-2,15-19,21-22,26,28-30,32-38H2,3-12H3. The van der Waals surface area contributed by atoms with Crippen LogP contribution in [-0.2, 0) is 85.3 Å². The highest BCUT2D eigenvalue weighted by molar-refractivity contribution is 5.88. The van der Waals surface area contributed by atoms with Crippen LogP contribution in [0.15, 0.2) is 95.2 Å². The summed E-state index contributed by atoms with van der Waals surface area (Å²) >= 11 is 0. The summed E-state index contributed by atoms with van der Waals surface area (Å²) in [7, 11) is 0. The molecule has 0 aromatic carbocycles. The van der Waals surface area contributed by atoms with Crippen LogP contribution in [0, 0.1) is 0 Å². The molecule has 8 heterocycles. The molecule has 0 saturated carbocycles. The second-order valence-corrected chi connectivity index (χ2v) is 35.6. The summed E-state index contributed by atoms with van der Waals surface area (Å²) in [4.78, 5) is 14.5. The van der Waals surface area contributed by atoms with Gasteiger partial charge in [0, 0.05) is 5.57 Å². The van der Waals surface area contributed by atoms with E-state index in [2.05, 4.69) is 19.2 Å². The van der Waals surface area contributed by atoms with Gasteiger partial charge in [-0.2, -0.15) is 0 Å². The van der Waals surface area contributed by atoms with Gasteiger partial charge in [0.15, 0.2) is 56.4 Å². The summed E-state index contributed by atoms with van der Waals surface area (Å²) in [5, 5.41) is 269. The zero-order chi connectivity index (χ0) is 97.1. The third-order valence-electron chi connectivity index (χ3n) is 25.0. The zero-order valence-electron chi connectivity index (χ0n) is 75.5. The Kier molecular flexibility index (Phi) is 44.1. The summed E-state index contributed by atoms with van der Waals surface area (Å²) in [5.74, 6) is -1.17. The molecule has 8 aliphatic rings. The number of ether oxygens (including phenoxy) is 17. The largest absolute Gasteiger partial charge is 0.451 e. The molecule has 754 valence electrons. The maximum Gasteiger partial charge on any atom is 0.334 e. The van der Waals surface area contributed by atoms with Gasteiger partial charge in [0.25, 0.3) is 0 Å². The van der Waals surface area contributed by atoms with Gasteiger partial charge in [0.1, 0.15) is 171 Å². The molecule has 43 nitrogen and oxygen atoms in total. The Morgan fingerprint density at radius 1 is 0.359 bits per heavy atom. The van der Waals surface area contributed by atoms with Crippen LogP contribution in [0.1, 0.15) is 140 Å². The first-order valence-electron chi connectivity index (χ1n) is 44.4. The molecule has 8 rings (SSSR count). The van der Waals surface area contributed by atoms with Gasteiger partial charge in [-0.25, -0.2) is 4.79 Å². The van der Waals surface area contributed by atoms with Gasteiger partial charge in [-0.05, 0) is 152 Å². The van der Waals surface area contributed by atoms with Crippen molar-refractivity contribution in [1.29, 1.82) is 0 Å². The van der Waals surface area contributed by atoms with Crippen molar-refractivity contribution in [2.24, 2.45) is 0 Å². The number of hydrogen-bond donors (Lipinski definition) is 25. The summed E-state index contributed by atoms with van der Waals surface area (Å²) in [5.41, 5.74) is 1.43. The van der Waals surface area contributed by atoms with E-state index >= 15 is 0 Å². The van der Waals surface area contributed by atoms with Gasteiger partial charge in [-0.3, -0.25) is 0 Å². The monoisotopic (exact) mass is 1890 g/mol. The Bertz CT molecular complexity index is 3680. The molecular formula is C88H144O43. The molecule has 43 heteroatoms. The fraction of sp³-hybridized carbons (Fsp3) is 0.807. The second-order valence-electron chi connectivity index (χ2n) is 35.6. The second kappa shape index (κ2) is 51.6. The number of esters is 1. The highest BCUT2D eigenvalue weighted by atomic mass is 16.8. The lowest BCUT2D eigenvalue weighted by atomic mass is 9.95. The molecule has 0 aliphatic carbocycles. The molecule has 8 fully saturated rings. The molecular weight excluding hydrogens is 1740 g/mol. The van der Waals surface area contributed by atoms with Crippen molar-refractivity contribution < 1.29 is 213 Å². The predicted octanol–water partition coefficient (Wildman–Crippen LogP) is -5.62. The smallest absolute Gasteiger partial charge is 0.334 e. The number of carbonyl (C=O) groups excluding carboxylic acids is 1. The van der Waals surface area contributed by atoms with E-state index < -0.39 is 302 Å². The van der Waals surface area contributed by atoms with Crippen LogP contribution in [-0.4, -0.2) is 443 Å². The first kappa shape index (κ1) is 112. The Morgan fingerprint density at radius 2 is 0.710 bits per heavy atom. The van der Waals surface area contributed by atoms with E-state index in [9.17, 15) is 132 Å². The summed E-state index contributed by atoms with van der Waals surface area (Å²) in [6, 6.07) is 0. The summed E-state index contributed by atoms with van der Waals surface area (Å²) < 4.78 is 101. The molecule has 0 amide bonds. The molecule has 0 aromatic rings. The van der Waals surface area contributed by atoms with Crippen molar-refractivity contribution in [2.75, 3.05) is 46.2 Å². The number of aliphatic hydroxyl groups excluding tert-OH is 25. The van der Waals surface area contributed by atoms with Crippen LogP contribution in [0.4, 0.5) is 0 Å². The van der Waals surface area contributed by atoms with Crippen LogP contribution >= 0.6 is 0 Å². The van der Waals surface area contributed by atoms with Crippen molar-refractivity contribution >= 4 is 5.97 Å². The van der Waals surface area contributed by atoms with Crippen molar-refractivity contribution in [3.05, 3.63) is 95.2 Å². The molecule has 8 saturated heterocycles. The molecule has 25 N–H and O–H groups in total. The molecule has 0 aromatic heterocycles. The third-order valence-corrected chi connectivity index (χ3v) is 25.0. The number of hydrogen-bond acceptors (Lipinski definition) is 43. The average molecular weight is 1890 g/mol. The van der Waals surface area contributed by atoms with E-state index in [1.165, 1.54) is 45.9 Å². The van der Waals surface area contributed by atoms with Crippen LogP contribution in [0.3, 0.4) is 0 Å². The van der Waals surface area contributed by atoms with Gasteiger partial charge < -0.3 is 208 Å². The lowest BCUT2D eigenvalue weighted by Crippen LogP contribution is -2.66. The van der Waals surface area contributed by atoms with E-state index in [0.29, 0.717) is 68.1 Å². The number of allylic oxidation sites excluding steroid dienone is 7. The van der Waals surface area contributed by atoms with Gasteiger partial charge in [0.2, 0.25) is 0 Å². The highest BCUT2D eigenvalue weighted by Crippen LogP contribution is 2.40. The molecule has 43 atom stereocenters. The van der Waals surface area contributed by atoms with Crippen molar-refractivity contribution in [3.63, 3.8) is 0 Å². The Hall–Kier alpha value is -4.25. The van der Waals surface area contributed by atoms with Gasteiger partial charge in [-0.15, -0.1) is 13.2 Å². The maximum absolute atomic E-state index is 14.5. The molecule has 0 spiro atoms. The average Bonchev–Trinajstić information content (AvgIpc) is 0.801. The Balaban J connectivity index is 0.877. The minimum Gasteiger partial charge on any atom is -0.451 e. The molecule has 0 bridgehead atoms. The summed E-state index contributed by atoms with van der Waals surface area (Å²) in [6.45, 7) is 19.7. The first-order chi connectivity index (χ1) is 61.8. The molecule has 0 radical (unpaired) electrons. The van der Waals surface area contributed by atoms with Crippen molar-refractivity contribution in [2.45, 2.75) is 403 Å². The van der Waals surface area contributed by atoms with E-state index in [-0.39, 0.29) is 38.0 Å². The quantitative estimate of drug-likeness (QED) is 0.0154. The van der Waals surface area contributed by atoms with Gasteiger partial charge >= 0.3 is 5.97 Å². The van der Waals surface area contributed by atoms with Crippen molar-refractivity contribution in [1.82, 2.24) is 0 Å². The van der Waals surface area contributed by atoms with Gasteiger partial charge in [0.05, 0.1) is 81.9 Å². The lowest BCUT2D eigenvalue weighted by molar-refractivity contribution is -0.379. The minimum atomic E-state index is -2.02. The van der Waals surface area contributed by atoms with E-state index in [1.807, 2.05) is 26.0 Å². The van der Waals surface area contributed by atoms with Crippen LogP contribution in [0.5, 0.6) is 0 Å². The third kappa shape index (κ3) is 29.4. The van der Waals surface area contributed by atoms with Gasteiger partial charge in [-0.1, -0.05) is 64.8 Å². The Morgan fingerprint density at radius 3 is 1.18 bits per heavy atom. The summed E-state index contributed by atoms with van der Waals surface area (Å²) in [6.07, 6.45) is -50.2. The number of aliphatic hydroxyl groups is 25. The SMILES string of the molecule is C=CC(C)(CCC=C(C)CCC=C(C)CCC=C(C)COC1OC(COC2OC(C)C(O)C(O)C2O)C(OC2OC(C)C(O)C(OC3OC(C)C(O)C(O)C3O)C2OC(=O)C(C)=CC(O)CC(C)=CCCC(=CCCC(C)(C=C)OC2OC(CO)C(OC3OC(CO)C(O)C(O)C3O)C(O)C2O)CO)C(O)C1O)OC1OC(CO)C(OC2OC(CO)C(O)C(O)C2O)C(O)C1O. The zero-order valence-corrected chi connectivity index (χ0v) is 75.5. The molecule has 43 unspecified atom stereocenters. The normalized spacial score (nSPS) is 42.3. The topological polar surface area (TPSA) is 680 Å².